The van der Waals surface area contributed by atoms with Gasteiger partial charge in [-0.2, -0.15) is 0 Å². The van der Waals surface area contributed by atoms with E-state index in [-0.39, 0.29) is 22.6 Å². The van der Waals surface area contributed by atoms with Crippen LogP contribution in [-0.2, 0) is 9.53 Å². The molecule has 26 heavy (non-hydrogen) atoms. The van der Waals surface area contributed by atoms with E-state index < -0.39 is 35.0 Å². The van der Waals surface area contributed by atoms with Gasteiger partial charge in [-0.25, -0.2) is 13.6 Å². The summed E-state index contributed by atoms with van der Waals surface area (Å²) in [5.41, 5.74) is -0.178. The van der Waals surface area contributed by atoms with Crippen molar-refractivity contribution in [3.05, 3.63) is 63.7 Å². The number of nitro benzene ring substituents is 1. The number of carbonyl (C=O) groups excluding carboxylic acids is 2. The number of anilines is 2. The van der Waals surface area contributed by atoms with E-state index in [2.05, 4.69) is 10.6 Å². The van der Waals surface area contributed by atoms with Crippen molar-refractivity contribution in [2.45, 2.75) is 0 Å². The molecule has 2 aromatic rings. The molecule has 0 radical (unpaired) electrons. The lowest BCUT2D eigenvalue weighted by molar-refractivity contribution is -0.384. The molecule has 0 aliphatic carbocycles. The third-order valence-electron chi connectivity index (χ3n) is 3.24. The van der Waals surface area contributed by atoms with Crippen LogP contribution >= 0.6 is 0 Å². The number of hydrogen-bond donors (Lipinski definition) is 2. The van der Waals surface area contributed by atoms with Crippen LogP contribution in [0.5, 0.6) is 0 Å². The summed E-state index contributed by atoms with van der Waals surface area (Å²) in [6.45, 7) is -0.719. The lowest BCUT2D eigenvalue weighted by Gasteiger charge is -2.10. The highest BCUT2D eigenvalue weighted by molar-refractivity contribution is 5.99. The van der Waals surface area contributed by atoms with Gasteiger partial charge in [0.25, 0.3) is 11.6 Å². The highest BCUT2D eigenvalue weighted by atomic mass is 19.2. The molecule has 0 fully saturated rings. The van der Waals surface area contributed by atoms with Gasteiger partial charge >= 0.3 is 5.97 Å². The van der Waals surface area contributed by atoms with Crippen molar-refractivity contribution >= 4 is 28.9 Å². The summed E-state index contributed by atoms with van der Waals surface area (Å²) in [7, 11) is 1.51. The van der Waals surface area contributed by atoms with Crippen LogP contribution in [0.1, 0.15) is 10.4 Å². The van der Waals surface area contributed by atoms with Crippen molar-refractivity contribution in [1.29, 1.82) is 0 Å². The molecular formula is C16H13F2N3O5. The Balaban J connectivity index is 2.03. The molecule has 0 aliphatic rings. The van der Waals surface area contributed by atoms with Crippen molar-refractivity contribution in [3.8, 4) is 0 Å². The number of non-ortho nitro benzene ring substituents is 1. The highest BCUT2D eigenvalue weighted by Gasteiger charge is 2.18. The van der Waals surface area contributed by atoms with Crippen LogP contribution in [0.2, 0.25) is 0 Å². The zero-order valence-corrected chi connectivity index (χ0v) is 13.4. The average molecular weight is 365 g/mol. The van der Waals surface area contributed by atoms with E-state index in [0.29, 0.717) is 0 Å². The van der Waals surface area contributed by atoms with Crippen LogP contribution in [-0.4, -0.2) is 30.5 Å². The van der Waals surface area contributed by atoms with E-state index in [4.69, 9.17) is 4.74 Å². The fraction of sp³-hybridized carbons (Fsp3) is 0.125. The predicted molar refractivity (Wildman–Crippen MR) is 87.9 cm³/mol. The Hall–Kier alpha value is -3.56. The Morgan fingerprint density at radius 1 is 1.15 bits per heavy atom. The molecule has 0 atom stereocenters. The van der Waals surface area contributed by atoms with Gasteiger partial charge in [0.1, 0.15) is 0 Å². The smallest absolute Gasteiger partial charge is 0.341 e. The topological polar surface area (TPSA) is 111 Å². The molecule has 8 nitrogen and oxygen atoms in total. The molecule has 2 aromatic carbocycles. The van der Waals surface area contributed by atoms with Gasteiger partial charge in [0.05, 0.1) is 10.5 Å². The molecule has 136 valence electrons. The summed E-state index contributed by atoms with van der Waals surface area (Å²) in [6.07, 6.45) is 0. The number of nitrogens with one attached hydrogen (secondary N) is 2. The zero-order valence-electron chi connectivity index (χ0n) is 13.4. The van der Waals surface area contributed by atoms with Crippen molar-refractivity contribution < 1.29 is 28.0 Å². The normalized spacial score (nSPS) is 10.1. The summed E-state index contributed by atoms with van der Waals surface area (Å²) in [4.78, 5) is 34.0. The number of esters is 1. The van der Waals surface area contributed by atoms with E-state index in [9.17, 15) is 28.5 Å². The molecule has 0 heterocycles. The Morgan fingerprint density at radius 3 is 2.50 bits per heavy atom. The molecule has 0 aliphatic heterocycles. The number of hydrogen-bond acceptors (Lipinski definition) is 6. The molecule has 0 aromatic heterocycles. The van der Waals surface area contributed by atoms with Crippen LogP contribution in [0.3, 0.4) is 0 Å². The van der Waals surface area contributed by atoms with Gasteiger partial charge in [-0.3, -0.25) is 14.9 Å². The van der Waals surface area contributed by atoms with Crippen LogP contribution in [0, 0.1) is 21.7 Å². The third kappa shape index (κ3) is 4.50. The second-order valence-corrected chi connectivity index (χ2v) is 4.99. The molecular weight excluding hydrogens is 352 g/mol. The number of ether oxygens (including phenoxy) is 1. The first-order chi connectivity index (χ1) is 12.3. The van der Waals surface area contributed by atoms with Crippen molar-refractivity contribution in [3.63, 3.8) is 0 Å². The minimum absolute atomic E-state index is 0.0174. The Bertz CT molecular complexity index is 873. The fourth-order valence-electron chi connectivity index (χ4n) is 2.01. The van der Waals surface area contributed by atoms with E-state index in [0.717, 1.165) is 24.3 Å². The maximum absolute atomic E-state index is 13.1. The first kappa shape index (κ1) is 18.8. The van der Waals surface area contributed by atoms with Gasteiger partial charge in [0, 0.05) is 36.6 Å². The van der Waals surface area contributed by atoms with E-state index >= 15 is 0 Å². The number of nitro groups is 1. The maximum Gasteiger partial charge on any atom is 0.341 e. The maximum atomic E-state index is 13.1. The lowest BCUT2D eigenvalue weighted by Crippen LogP contribution is -2.21. The highest BCUT2D eigenvalue weighted by Crippen LogP contribution is 2.22. The summed E-state index contributed by atoms with van der Waals surface area (Å²) in [5.74, 6) is -3.96. The summed E-state index contributed by atoms with van der Waals surface area (Å²) in [6, 6.07) is 6.29. The first-order valence-corrected chi connectivity index (χ1v) is 7.20. The van der Waals surface area contributed by atoms with Gasteiger partial charge in [-0.1, -0.05) is 0 Å². The number of amides is 1. The summed E-state index contributed by atoms with van der Waals surface area (Å²) >= 11 is 0. The fourth-order valence-corrected chi connectivity index (χ4v) is 2.01. The molecule has 0 bridgehead atoms. The number of carbonyl (C=O) groups is 2. The van der Waals surface area contributed by atoms with Crippen molar-refractivity contribution in [2.75, 3.05) is 24.3 Å². The molecule has 0 unspecified atom stereocenters. The molecule has 2 rings (SSSR count). The van der Waals surface area contributed by atoms with E-state index in [1.807, 2.05) is 0 Å². The quantitative estimate of drug-likeness (QED) is 0.463. The zero-order chi connectivity index (χ0) is 19.3. The SMILES string of the molecule is CNc1ccc([N+](=O)[O-])cc1C(=O)OCC(=O)Nc1ccc(F)c(F)c1. The molecule has 2 N–H and O–H groups in total. The second kappa shape index (κ2) is 8.01. The van der Waals surface area contributed by atoms with Gasteiger partial charge < -0.3 is 15.4 Å². The molecule has 0 spiro atoms. The Labute approximate surface area is 145 Å². The van der Waals surface area contributed by atoms with Gasteiger partial charge in [-0.05, 0) is 18.2 Å². The minimum Gasteiger partial charge on any atom is -0.452 e. The van der Waals surface area contributed by atoms with Crippen LogP contribution in [0.4, 0.5) is 25.8 Å². The third-order valence-corrected chi connectivity index (χ3v) is 3.24. The molecule has 0 saturated carbocycles. The van der Waals surface area contributed by atoms with Gasteiger partial charge in [0.15, 0.2) is 18.2 Å². The molecule has 10 heteroatoms. The van der Waals surface area contributed by atoms with E-state index in [1.54, 1.807) is 0 Å². The van der Waals surface area contributed by atoms with Crippen molar-refractivity contribution in [2.24, 2.45) is 0 Å². The van der Waals surface area contributed by atoms with E-state index in [1.165, 1.54) is 19.2 Å². The average Bonchev–Trinajstić information content (AvgIpc) is 2.62. The molecule has 0 saturated heterocycles. The van der Waals surface area contributed by atoms with Gasteiger partial charge in [-0.15, -0.1) is 0 Å². The number of benzene rings is 2. The number of halogens is 2. The minimum atomic E-state index is -1.14. The largest absolute Gasteiger partial charge is 0.452 e. The van der Waals surface area contributed by atoms with Gasteiger partial charge in [0.2, 0.25) is 0 Å². The summed E-state index contributed by atoms with van der Waals surface area (Å²) < 4.78 is 30.7. The predicted octanol–water partition coefficient (Wildman–Crippen LogP) is 2.71. The van der Waals surface area contributed by atoms with Crippen LogP contribution in [0.25, 0.3) is 0 Å². The van der Waals surface area contributed by atoms with Crippen molar-refractivity contribution in [1.82, 2.24) is 0 Å². The van der Waals surface area contributed by atoms with Crippen LogP contribution in [0.15, 0.2) is 36.4 Å². The first-order valence-electron chi connectivity index (χ1n) is 7.20. The monoisotopic (exact) mass is 365 g/mol. The Morgan fingerprint density at radius 2 is 1.88 bits per heavy atom. The Kier molecular flexibility index (Phi) is 5.78. The standard InChI is InChI=1S/C16H13F2N3O5/c1-19-14-5-3-10(21(24)25)7-11(14)16(23)26-8-15(22)20-9-2-4-12(17)13(18)6-9/h2-7,19H,8H2,1H3,(H,20,22). The number of nitrogens with zero attached hydrogens (tertiary/aromatic N) is 1. The second-order valence-electron chi connectivity index (χ2n) is 4.99. The molecule has 1 amide bonds. The van der Waals surface area contributed by atoms with Crippen LogP contribution < -0.4 is 10.6 Å². The lowest BCUT2D eigenvalue weighted by atomic mass is 10.1. The summed E-state index contributed by atoms with van der Waals surface area (Å²) in [5, 5.41) is 15.7. The number of rotatable bonds is 6.